The monoisotopic (exact) mass is 226 g/mol. The summed E-state index contributed by atoms with van der Waals surface area (Å²) >= 11 is 0. The first-order chi connectivity index (χ1) is 7.43. The summed E-state index contributed by atoms with van der Waals surface area (Å²) in [6.07, 6.45) is -1.47. The highest BCUT2D eigenvalue weighted by Crippen LogP contribution is 2.20. The van der Waals surface area contributed by atoms with Crippen LogP contribution in [0, 0.1) is 10.1 Å². The second-order valence-electron chi connectivity index (χ2n) is 3.16. The maximum atomic E-state index is 10.5. The molecule has 1 aromatic rings. The summed E-state index contributed by atoms with van der Waals surface area (Å²) in [6.45, 7) is 0. The number of nitro groups is 1. The van der Waals surface area contributed by atoms with Crippen molar-refractivity contribution in [2.75, 3.05) is 0 Å². The number of nitro benzene ring substituents is 1. The lowest BCUT2D eigenvalue weighted by atomic mass is 10.0. The molecule has 86 valence electrons. The molecule has 4 N–H and O–H groups in total. The number of carboxylic acid groups (broad SMARTS) is 1. The normalized spacial score (nSPS) is 14.1. The molecule has 0 bridgehead atoms. The van der Waals surface area contributed by atoms with Crippen LogP contribution in [0.4, 0.5) is 5.69 Å². The van der Waals surface area contributed by atoms with Crippen LogP contribution in [0.5, 0.6) is 0 Å². The van der Waals surface area contributed by atoms with E-state index in [0.717, 1.165) is 6.07 Å². The molecule has 7 nitrogen and oxygen atoms in total. The maximum Gasteiger partial charge on any atom is 0.323 e. The second-order valence-corrected chi connectivity index (χ2v) is 3.16. The van der Waals surface area contributed by atoms with E-state index < -0.39 is 23.0 Å². The molecule has 7 heteroatoms. The predicted octanol–water partition coefficient (Wildman–Crippen LogP) is 0.0401. The second kappa shape index (κ2) is 4.69. The first-order valence-corrected chi connectivity index (χ1v) is 4.34. The molecule has 1 aromatic carbocycles. The Kier molecular flexibility index (Phi) is 3.54. The molecule has 0 fully saturated rings. The average Bonchev–Trinajstić information content (AvgIpc) is 2.27. The minimum atomic E-state index is -1.51. The lowest BCUT2D eigenvalue weighted by molar-refractivity contribution is -0.385. The lowest BCUT2D eigenvalue weighted by Gasteiger charge is -2.14. The van der Waals surface area contributed by atoms with E-state index in [1.807, 2.05) is 0 Å². The number of aliphatic hydroxyl groups excluding tert-OH is 1. The smallest absolute Gasteiger partial charge is 0.323 e. The topological polar surface area (TPSA) is 127 Å². The van der Waals surface area contributed by atoms with Crippen molar-refractivity contribution in [3.8, 4) is 0 Å². The molecule has 0 saturated heterocycles. The number of aliphatic hydroxyl groups is 1. The zero-order valence-corrected chi connectivity index (χ0v) is 8.11. The molecule has 0 amide bonds. The zero-order valence-electron chi connectivity index (χ0n) is 8.11. The number of nitrogens with zero attached hydrogens (tertiary/aromatic N) is 1. The fourth-order valence-electron chi connectivity index (χ4n) is 1.16. The van der Waals surface area contributed by atoms with Crippen LogP contribution in [0.15, 0.2) is 24.3 Å². The van der Waals surface area contributed by atoms with Crippen molar-refractivity contribution in [2.24, 2.45) is 5.73 Å². The van der Waals surface area contributed by atoms with Crippen molar-refractivity contribution in [1.29, 1.82) is 0 Å². The van der Waals surface area contributed by atoms with E-state index in [2.05, 4.69) is 0 Å². The first-order valence-electron chi connectivity index (χ1n) is 4.34. The summed E-state index contributed by atoms with van der Waals surface area (Å²) < 4.78 is 0. The van der Waals surface area contributed by atoms with Crippen LogP contribution in [0.1, 0.15) is 11.7 Å². The summed E-state index contributed by atoms with van der Waals surface area (Å²) in [4.78, 5) is 20.3. The van der Waals surface area contributed by atoms with Gasteiger partial charge in [0.25, 0.3) is 5.69 Å². The van der Waals surface area contributed by atoms with Gasteiger partial charge >= 0.3 is 5.97 Å². The van der Waals surface area contributed by atoms with E-state index in [0.29, 0.717) is 0 Å². The standard InChI is InChI=1S/C9H10N2O5/c10-7(9(13)14)8(12)5-2-1-3-6(4-5)11(15)16/h1-4,7-8,12H,10H2,(H,13,14). The molecular formula is C9H10N2O5. The van der Waals surface area contributed by atoms with Gasteiger partial charge in [-0.1, -0.05) is 12.1 Å². The number of rotatable bonds is 4. The number of carboxylic acids is 1. The van der Waals surface area contributed by atoms with Gasteiger partial charge in [0.05, 0.1) is 4.92 Å². The van der Waals surface area contributed by atoms with Crippen LogP contribution in [-0.4, -0.2) is 27.1 Å². The quantitative estimate of drug-likeness (QED) is 0.491. The minimum Gasteiger partial charge on any atom is -0.480 e. The Labute approximate surface area is 90.3 Å². The highest BCUT2D eigenvalue weighted by molar-refractivity contribution is 5.74. The molecule has 2 atom stereocenters. The number of aliphatic carboxylic acids is 1. The number of nitrogens with two attached hydrogens (primary N) is 1. The SMILES string of the molecule is NC(C(=O)O)C(O)c1cccc([N+](=O)[O-])c1. The van der Waals surface area contributed by atoms with Crippen molar-refractivity contribution >= 4 is 11.7 Å². The van der Waals surface area contributed by atoms with Gasteiger partial charge in [-0.15, -0.1) is 0 Å². The first kappa shape index (κ1) is 12.1. The van der Waals surface area contributed by atoms with Crippen molar-refractivity contribution in [3.63, 3.8) is 0 Å². The third-order valence-corrected chi connectivity index (χ3v) is 2.05. The van der Waals surface area contributed by atoms with Gasteiger partial charge in [0.2, 0.25) is 0 Å². The van der Waals surface area contributed by atoms with Crippen LogP contribution in [-0.2, 0) is 4.79 Å². The van der Waals surface area contributed by atoms with Crippen molar-refractivity contribution in [3.05, 3.63) is 39.9 Å². The summed E-state index contributed by atoms with van der Waals surface area (Å²) in [5.74, 6) is -1.38. The van der Waals surface area contributed by atoms with Crippen LogP contribution in [0.2, 0.25) is 0 Å². The third-order valence-electron chi connectivity index (χ3n) is 2.05. The average molecular weight is 226 g/mol. The molecule has 0 spiro atoms. The molecule has 0 aliphatic rings. The van der Waals surface area contributed by atoms with E-state index in [1.54, 1.807) is 0 Å². The number of hydrogen-bond acceptors (Lipinski definition) is 5. The Morgan fingerprint density at radius 3 is 2.62 bits per heavy atom. The van der Waals surface area contributed by atoms with Gasteiger partial charge in [-0.25, -0.2) is 0 Å². The van der Waals surface area contributed by atoms with E-state index in [-0.39, 0.29) is 11.3 Å². The van der Waals surface area contributed by atoms with E-state index in [4.69, 9.17) is 10.8 Å². The molecule has 0 heterocycles. The van der Waals surface area contributed by atoms with Gasteiger partial charge in [0, 0.05) is 12.1 Å². The van der Waals surface area contributed by atoms with Gasteiger partial charge in [-0.3, -0.25) is 14.9 Å². The van der Waals surface area contributed by atoms with Gasteiger partial charge in [0.15, 0.2) is 0 Å². The number of benzene rings is 1. The third kappa shape index (κ3) is 2.53. The molecule has 0 aliphatic carbocycles. The highest BCUT2D eigenvalue weighted by atomic mass is 16.6. The Morgan fingerprint density at radius 2 is 2.12 bits per heavy atom. The Balaban J connectivity index is 3.00. The van der Waals surface area contributed by atoms with E-state index in [1.165, 1.54) is 18.2 Å². The number of non-ortho nitro benzene ring substituents is 1. The number of carbonyl (C=O) groups is 1. The van der Waals surface area contributed by atoms with Crippen LogP contribution in [0.3, 0.4) is 0 Å². The fourth-order valence-corrected chi connectivity index (χ4v) is 1.16. The summed E-state index contributed by atoms with van der Waals surface area (Å²) in [6, 6.07) is 3.55. The largest absolute Gasteiger partial charge is 0.480 e. The number of hydrogen-bond donors (Lipinski definition) is 3. The van der Waals surface area contributed by atoms with Crippen molar-refractivity contribution < 1.29 is 19.9 Å². The van der Waals surface area contributed by atoms with Crippen LogP contribution >= 0.6 is 0 Å². The molecule has 1 rings (SSSR count). The summed E-state index contributed by atoms with van der Waals surface area (Å²) in [5, 5.41) is 28.6. The molecular weight excluding hydrogens is 216 g/mol. The fraction of sp³-hybridized carbons (Fsp3) is 0.222. The summed E-state index contributed by atoms with van der Waals surface area (Å²) in [7, 11) is 0. The van der Waals surface area contributed by atoms with Gasteiger partial charge in [-0.2, -0.15) is 0 Å². The van der Waals surface area contributed by atoms with Crippen LogP contribution in [0.25, 0.3) is 0 Å². The lowest BCUT2D eigenvalue weighted by Crippen LogP contribution is -2.36. The van der Waals surface area contributed by atoms with Gasteiger partial charge < -0.3 is 15.9 Å². The zero-order chi connectivity index (χ0) is 12.3. The van der Waals surface area contributed by atoms with E-state index in [9.17, 15) is 20.0 Å². The molecule has 0 aromatic heterocycles. The molecule has 0 radical (unpaired) electrons. The Morgan fingerprint density at radius 1 is 1.50 bits per heavy atom. The molecule has 2 unspecified atom stereocenters. The summed E-state index contributed by atoms with van der Waals surface area (Å²) in [5.41, 5.74) is 5.07. The predicted molar refractivity (Wildman–Crippen MR) is 53.7 cm³/mol. The van der Waals surface area contributed by atoms with Crippen LogP contribution < -0.4 is 5.73 Å². The molecule has 16 heavy (non-hydrogen) atoms. The minimum absolute atomic E-state index is 0.101. The van der Waals surface area contributed by atoms with Crippen molar-refractivity contribution in [1.82, 2.24) is 0 Å². The van der Waals surface area contributed by atoms with Gasteiger partial charge in [0.1, 0.15) is 12.1 Å². The maximum absolute atomic E-state index is 10.5. The highest BCUT2D eigenvalue weighted by Gasteiger charge is 2.24. The molecule has 0 saturated carbocycles. The van der Waals surface area contributed by atoms with E-state index >= 15 is 0 Å². The van der Waals surface area contributed by atoms with Gasteiger partial charge in [-0.05, 0) is 5.56 Å². The Bertz CT molecular complexity index is 420. The molecule has 0 aliphatic heterocycles. The van der Waals surface area contributed by atoms with Crippen molar-refractivity contribution in [2.45, 2.75) is 12.1 Å². The Hall–Kier alpha value is -1.99.